The first-order valence-electron chi connectivity index (χ1n) is 17.4. The molecule has 2 fully saturated rings. The highest BCUT2D eigenvalue weighted by Crippen LogP contribution is 2.67. The van der Waals surface area contributed by atoms with Crippen LogP contribution < -0.4 is 4.90 Å². The van der Waals surface area contributed by atoms with Gasteiger partial charge in [0.25, 0.3) is 14.2 Å². The minimum absolute atomic E-state index is 0.0272. The van der Waals surface area contributed by atoms with Gasteiger partial charge in [0.1, 0.15) is 0 Å². The van der Waals surface area contributed by atoms with Gasteiger partial charge in [-0.25, -0.2) is 13.3 Å². The summed E-state index contributed by atoms with van der Waals surface area (Å²) < 4.78 is 43.2. The smallest absolute Gasteiger partial charge is 0.258 e. The van der Waals surface area contributed by atoms with Crippen molar-refractivity contribution < 1.29 is 26.9 Å². The number of anilines is 1. The number of para-hydroxylation sites is 1. The first-order chi connectivity index (χ1) is 22.1. The molecule has 2 aromatic carbocycles. The van der Waals surface area contributed by atoms with Crippen molar-refractivity contribution in [2.24, 2.45) is 17.3 Å². The van der Waals surface area contributed by atoms with Gasteiger partial charge in [-0.05, 0) is 71.5 Å². The van der Waals surface area contributed by atoms with Crippen LogP contribution in [0, 0.1) is 17.3 Å². The third kappa shape index (κ3) is 5.06. The van der Waals surface area contributed by atoms with Crippen molar-refractivity contribution in [1.29, 1.82) is 0 Å². The standard InChI is InChI=1S/C38H55NO6SSi2/c1-25(2)48(26(3)4,27(5)6)45-32-23-30-31(44-47(11,12)36(7,8)9)24-37(32,10)33-34(40)39(28-19-15-13-16-20-28)35(41)38(30,33)46(42,43)29-21-17-14-18-22-29/h13-23,25-27,30-31,33H,24H2,1-12H3/t30-,31-,33+,37-,38+/m1/s1. The van der Waals surface area contributed by atoms with E-state index < -0.39 is 66.4 Å². The van der Waals surface area contributed by atoms with Gasteiger partial charge in [0.2, 0.25) is 5.91 Å². The fourth-order valence-electron chi connectivity index (χ4n) is 8.99. The zero-order valence-electron chi connectivity index (χ0n) is 30.8. The van der Waals surface area contributed by atoms with Gasteiger partial charge in [-0.1, -0.05) is 106 Å². The van der Waals surface area contributed by atoms with Crippen LogP contribution in [0.15, 0.2) is 77.4 Å². The van der Waals surface area contributed by atoms with Crippen LogP contribution in [-0.2, 0) is 28.3 Å². The van der Waals surface area contributed by atoms with E-state index in [0.29, 0.717) is 17.9 Å². The Hall–Kier alpha value is -2.54. The second kappa shape index (κ2) is 12.1. The quantitative estimate of drug-likeness (QED) is 0.181. The minimum Gasteiger partial charge on any atom is -0.545 e. The average Bonchev–Trinajstić information content (AvgIpc) is 3.24. The van der Waals surface area contributed by atoms with Gasteiger partial charge < -0.3 is 8.85 Å². The van der Waals surface area contributed by atoms with Crippen molar-refractivity contribution in [2.45, 2.75) is 126 Å². The number of hydrogen-bond acceptors (Lipinski definition) is 6. The normalized spacial score (nSPS) is 28.0. The number of hydrogen-bond donors (Lipinski definition) is 0. The van der Waals surface area contributed by atoms with E-state index >= 15 is 18.0 Å². The molecule has 1 aliphatic heterocycles. The molecular formula is C38H55NO6SSi2. The average molecular weight is 710 g/mol. The molecule has 1 saturated heterocycles. The number of nitrogens with zero attached hydrogens (tertiary/aromatic N) is 1. The number of fused-ring (bicyclic) bond motifs is 1. The minimum atomic E-state index is -4.46. The lowest BCUT2D eigenvalue weighted by molar-refractivity contribution is -0.133. The fourth-order valence-corrected chi connectivity index (χ4v) is 18.2. The summed E-state index contributed by atoms with van der Waals surface area (Å²) in [6.07, 6.45) is 1.69. The van der Waals surface area contributed by atoms with Gasteiger partial charge in [0.15, 0.2) is 22.9 Å². The van der Waals surface area contributed by atoms with E-state index in [2.05, 4.69) is 75.4 Å². The van der Waals surface area contributed by atoms with E-state index in [4.69, 9.17) is 8.85 Å². The van der Waals surface area contributed by atoms with Crippen molar-refractivity contribution in [2.75, 3.05) is 4.90 Å². The maximum Gasteiger partial charge on any atom is 0.258 e. The van der Waals surface area contributed by atoms with Crippen LogP contribution in [0.3, 0.4) is 0 Å². The fraction of sp³-hybridized carbons (Fsp3) is 0.579. The lowest BCUT2D eigenvalue weighted by atomic mass is 9.53. The summed E-state index contributed by atoms with van der Waals surface area (Å²) in [6.45, 7) is 26.0. The third-order valence-corrected chi connectivity index (χ3v) is 25.2. The number of carbonyl (C=O) groups is 2. The molecule has 10 heteroatoms. The Morgan fingerprint density at radius 1 is 0.854 bits per heavy atom. The van der Waals surface area contributed by atoms with Crippen LogP contribution in [-0.4, -0.2) is 47.7 Å². The van der Waals surface area contributed by atoms with E-state index in [9.17, 15) is 0 Å². The van der Waals surface area contributed by atoms with E-state index in [1.165, 1.54) is 12.1 Å². The topological polar surface area (TPSA) is 90.0 Å². The molecule has 3 aliphatic carbocycles. The molecule has 2 amide bonds. The molecule has 6 rings (SSSR count). The van der Waals surface area contributed by atoms with Gasteiger partial charge in [0, 0.05) is 11.3 Å². The van der Waals surface area contributed by atoms with E-state index in [-0.39, 0.29) is 26.6 Å². The highest BCUT2D eigenvalue weighted by Gasteiger charge is 2.81. The van der Waals surface area contributed by atoms with Gasteiger partial charge in [-0.15, -0.1) is 0 Å². The first kappa shape index (κ1) is 36.7. The molecular weight excluding hydrogens is 655 g/mol. The Morgan fingerprint density at radius 2 is 1.35 bits per heavy atom. The lowest BCUT2D eigenvalue weighted by Gasteiger charge is -2.60. The van der Waals surface area contributed by atoms with Crippen LogP contribution in [0.25, 0.3) is 0 Å². The summed E-state index contributed by atoms with van der Waals surface area (Å²) in [4.78, 5) is 31.5. The summed E-state index contributed by atoms with van der Waals surface area (Å²) in [5.41, 5.74) is -0.00691. The molecule has 7 nitrogen and oxygen atoms in total. The molecule has 1 saturated carbocycles. The van der Waals surface area contributed by atoms with Crippen LogP contribution in [0.1, 0.15) is 75.7 Å². The predicted octanol–water partition coefficient (Wildman–Crippen LogP) is 8.89. The summed E-state index contributed by atoms with van der Waals surface area (Å²) >= 11 is 0. The number of rotatable bonds is 10. The number of amides is 2. The maximum absolute atomic E-state index is 15.4. The molecule has 4 aliphatic rings. The largest absolute Gasteiger partial charge is 0.545 e. The van der Waals surface area contributed by atoms with Crippen molar-refractivity contribution in [1.82, 2.24) is 0 Å². The molecule has 1 heterocycles. The Bertz CT molecular complexity index is 1680. The van der Waals surface area contributed by atoms with Crippen LogP contribution in [0.5, 0.6) is 0 Å². The van der Waals surface area contributed by atoms with E-state index in [0.717, 1.165) is 4.90 Å². The Morgan fingerprint density at radius 3 is 1.83 bits per heavy atom. The van der Waals surface area contributed by atoms with Gasteiger partial charge in [0.05, 0.1) is 28.4 Å². The molecule has 0 N–H and O–H groups in total. The van der Waals surface area contributed by atoms with Gasteiger partial charge >= 0.3 is 0 Å². The second-order valence-corrected chi connectivity index (χ2v) is 29.2. The molecule has 5 atom stereocenters. The first-order valence-corrected chi connectivity index (χ1v) is 24.0. The number of benzene rings is 2. The maximum atomic E-state index is 15.4. The number of sulfone groups is 1. The molecule has 0 spiro atoms. The molecule has 48 heavy (non-hydrogen) atoms. The third-order valence-electron chi connectivity index (χ3n) is 12.2. The monoisotopic (exact) mass is 709 g/mol. The number of imide groups is 1. The summed E-state index contributed by atoms with van der Waals surface area (Å²) in [5.74, 6) is -2.69. The lowest BCUT2D eigenvalue weighted by Crippen LogP contribution is -2.70. The van der Waals surface area contributed by atoms with E-state index in [1.54, 1.807) is 42.5 Å². The molecule has 2 bridgehead atoms. The van der Waals surface area contributed by atoms with Gasteiger partial charge in [-0.3, -0.25) is 9.59 Å². The summed E-state index contributed by atoms with van der Waals surface area (Å²) in [5, 5.41) is -0.168. The van der Waals surface area contributed by atoms with Crippen LogP contribution in [0.2, 0.25) is 34.8 Å². The molecule has 0 radical (unpaired) electrons. The van der Waals surface area contributed by atoms with Crippen molar-refractivity contribution in [3.63, 3.8) is 0 Å². The number of carbonyl (C=O) groups excluding carboxylic acids is 2. The highest BCUT2D eigenvalue weighted by molar-refractivity contribution is 7.93. The Labute approximate surface area is 290 Å². The van der Waals surface area contributed by atoms with Crippen molar-refractivity contribution >= 4 is 44.0 Å². The van der Waals surface area contributed by atoms with E-state index in [1.807, 2.05) is 19.1 Å². The van der Waals surface area contributed by atoms with Crippen molar-refractivity contribution in [3.05, 3.63) is 72.5 Å². The molecule has 0 aromatic heterocycles. The highest BCUT2D eigenvalue weighted by atomic mass is 32.2. The van der Waals surface area contributed by atoms with Crippen LogP contribution >= 0.6 is 0 Å². The summed E-state index contributed by atoms with van der Waals surface area (Å²) in [7, 11) is -9.50. The van der Waals surface area contributed by atoms with Gasteiger partial charge in [-0.2, -0.15) is 0 Å². The Kier molecular flexibility index (Phi) is 9.23. The summed E-state index contributed by atoms with van der Waals surface area (Å²) in [6, 6.07) is 16.9. The predicted molar refractivity (Wildman–Crippen MR) is 197 cm³/mol. The van der Waals surface area contributed by atoms with Crippen molar-refractivity contribution in [3.8, 4) is 0 Å². The zero-order chi connectivity index (χ0) is 35.8. The zero-order valence-corrected chi connectivity index (χ0v) is 33.6. The SMILES string of the molecule is CC(C)[Si](OC1=C[C@@H]2[C@H](O[Si](C)(C)C(C)(C)C)C[C@@]1(C)[C@@H]1C(=O)N(c3ccccc3)C(=O)[C@]21S(=O)(=O)c1ccccc1)(C(C)C)C(C)C. The second-order valence-electron chi connectivity index (χ2n) is 16.9. The van der Waals surface area contributed by atoms with Crippen LogP contribution in [0.4, 0.5) is 5.69 Å². The molecule has 2 aromatic rings. The molecule has 0 unspecified atom stereocenters. The Balaban J connectivity index is 1.86. The molecule has 262 valence electrons. The number of allylic oxidation sites excluding steroid dienone is 1.